The number of hydrogen-bond acceptors (Lipinski definition) is 8. The summed E-state index contributed by atoms with van der Waals surface area (Å²) in [6.45, 7) is 0.514. The van der Waals surface area contributed by atoms with Crippen LogP contribution in [0.25, 0.3) is 0 Å². The molecule has 1 aromatic heterocycles. The quantitative estimate of drug-likeness (QED) is 0.627. The molecule has 0 saturated carbocycles. The maximum atomic E-state index is 5.33. The van der Waals surface area contributed by atoms with Crippen LogP contribution >= 0.6 is 0 Å². The minimum atomic E-state index is 0.407. The second kappa shape index (κ2) is 8.70. The number of benzene rings is 2. The lowest BCUT2D eigenvalue weighted by atomic mass is 10.2. The third kappa shape index (κ3) is 4.55. The summed E-state index contributed by atoms with van der Waals surface area (Å²) in [5.74, 6) is 3.04. The van der Waals surface area contributed by atoms with E-state index in [0.29, 0.717) is 29.8 Å². The molecule has 140 valence electrons. The normalized spacial score (nSPS) is 10.2. The molecular weight excluding hydrogens is 346 g/mol. The number of ether oxygens (including phenoxy) is 3. The molecule has 0 saturated heterocycles. The lowest BCUT2D eigenvalue weighted by Crippen LogP contribution is -2.07. The number of methoxy groups -OCH3 is 3. The first-order valence-electron chi connectivity index (χ1n) is 8.28. The van der Waals surface area contributed by atoms with E-state index in [0.717, 1.165) is 17.0 Å². The molecule has 0 aliphatic rings. The Morgan fingerprint density at radius 3 is 2.44 bits per heavy atom. The van der Waals surface area contributed by atoms with Gasteiger partial charge in [0, 0.05) is 6.54 Å². The van der Waals surface area contributed by atoms with Crippen molar-refractivity contribution in [1.29, 1.82) is 0 Å². The zero-order valence-electron chi connectivity index (χ0n) is 15.4. The first-order chi connectivity index (χ1) is 13.2. The average Bonchev–Trinajstić information content (AvgIpc) is 2.72. The predicted molar refractivity (Wildman–Crippen MR) is 103 cm³/mol. The maximum Gasteiger partial charge on any atom is 0.244 e. The van der Waals surface area contributed by atoms with Crippen molar-refractivity contribution in [2.24, 2.45) is 0 Å². The summed E-state index contributed by atoms with van der Waals surface area (Å²) < 4.78 is 15.9. The van der Waals surface area contributed by atoms with E-state index in [1.54, 1.807) is 27.5 Å². The second-order valence-electron chi connectivity index (χ2n) is 5.53. The van der Waals surface area contributed by atoms with Crippen molar-refractivity contribution in [3.8, 4) is 17.2 Å². The highest BCUT2D eigenvalue weighted by Gasteiger charge is 2.07. The summed E-state index contributed by atoms with van der Waals surface area (Å²) in [6.07, 6.45) is 1.55. The summed E-state index contributed by atoms with van der Waals surface area (Å²) in [5.41, 5.74) is 1.80. The van der Waals surface area contributed by atoms with Crippen molar-refractivity contribution in [2.45, 2.75) is 6.54 Å². The molecule has 0 aliphatic heterocycles. The van der Waals surface area contributed by atoms with Crippen LogP contribution in [0.4, 0.5) is 17.5 Å². The Kier molecular flexibility index (Phi) is 5.88. The number of nitrogens with zero attached hydrogens (tertiary/aromatic N) is 3. The summed E-state index contributed by atoms with van der Waals surface area (Å²) in [6, 6.07) is 13.3. The Balaban J connectivity index is 1.69. The van der Waals surface area contributed by atoms with Gasteiger partial charge in [-0.1, -0.05) is 18.2 Å². The van der Waals surface area contributed by atoms with Crippen LogP contribution in [-0.2, 0) is 6.54 Å². The highest BCUT2D eigenvalue weighted by atomic mass is 16.5. The zero-order chi connectivity index (χ0) is 19.1. The van der Waals surface area contributed by atoms with Gasteiger partial charge in [-0.15, -0.1) is 5.10 Å². The molecule has 0 aliphatic carbocycles. The van der Waals surface area contributed by atoms with Crippen LogP contribution in [0.3, 0.4) is 0 Å². The van der Waals surface area contributed by atoms with Gasteiger partial charge in [0.15, 0.2) is 17.3 Å². The number of anilines is 3. The van der Waals surface area contributed by atoms with Gasteiger partial charge in [0.1, 0.15) is 5.75 Å². The number of rotatable bonds is 8. The molecule has 8 heteroatoms. The van der Waals surface area contributed by atoms with E-state index < -0.39 is 0 Å². The first kappa shape index (κ1) is 18.2. The van der Waals surface area contributed by atoms with Crippen LogP contribution in [-0.4, -0.2) is 36.5 Å². The summed E-state index contributed by atoms with van der Waals surface area (Å²) >= 11 is 0. The van der Waals surface area contributed by atoms with Crippen LogP contribution in [0.1, 0.15) is 5.56 Å². The highest BCUT2D eigenvalue weighted by Crippen LogP contribution is 2.28. The SMILES string of the molecule is COc1ccccc1Nc1cnnc(NCc2ccc(OC)c(OC)c2)n1. The van der Waals surface area contributed by atoms with Crippen LogP contribution in [0.5, 0.6) is 17.2 Å². The van der Waals surface area contributed by atoms with Crippen molar-refractivity contribution in [2.75, 3.05) is 32.0 Å². The average molecular weight is 367 g/mol. The van der Waals surface area contributed by atoms with E-state index in [-0.39, 0.29) is 0 Å². The van der Waals surface area contributed by atoms with Gasteiger partial charge < -0.3 is 24.8 Å². The largest absolute Gasteiger partial charge is 0.495 e. The third-order valence-electron chi connectivity index (χ3n) is 3.83. The topological polar surface area (TPSA) is 90.4 Å². The molecule has 0 atom stereocenters. The van der Waals surface area contributed by atoms with Gasteiger partial charge in [-0.2, -0.15) is 10.1 Å². The van der Waals surface area contributed by atoms with Gasteiger partial charge in [-0.05, 0) is 29.8 Å². The Labute approximate surface area is 157 Å². The molecule has 0 fully saturated rings. The third-order valence-corrected chi connectivity index (χ3v) is 3.83. The van der Waals surface area contributed by atoms with E-state index >= 15 is 0 Å². The van der Waals surface area contributed by atoms with Crippen molar-refractivity contribution in [3.63, 3.8) is 0 Å². The van der Waals surface area contributed by atoms with E-state index in [9.17, 15) is 0 Å². The Bertz CT molecular complexity index is 904. The molecule has 0 unspecified atom stereocenters. The number of para-hydroxylation sites is 2. The zero-order valence-corrected chi connectivity index (χ0v) is 15.4. The summed E-state index contributed by atoms with van der Waals surface area (Å²) in [7, 11) is 4.83. The van der Waals surface area contributed by atoms with Crippen molar-refractivity contribution < 1.29 is 14.2 Å². The lowest BCUT2D eigenvalue weighted by molar-refractivity contribution is 0.354. The monoisotopic (exact) mass is 367 g/mol. The smallest absolute Gasteiger partial charge is 0.244 e. The van der Waals surface area contributed by atoms with Crippen LogP contribution in [0.15, 0.2) is 48.7 Å². The van der Waals surface area contributed by atoms with Gasteiger partial charge in [0.25, 0.3) is 0 Å². The molecule has 27 heavy (non-hydrogen) atoms. The fourth-order valence-corrected chi connectivity index (χ4v) is 2.50. The highest BCUT2D eigenvalue weighted by molar-refractivity contribution is 5.63. The Hall–Kier alpha value is -3.55. The first-order valence-corrected chi connectivity index (χ1v) is 8.28. The molecule has 2 N–H and O–H groups in total. The molecule has 1 heterocycles. The van der Waals surface area contributed by atoms with Crippen molar-refractivity contribution in [1.82, 2.24) is 15.2 Å². The molecule has 0 radical (unpaired) electrons. The molecule has 3 aromatic rings. The van der Waals surface area contributed by atoms with Gasteiger partial charge >= 0.3 is 0 Å². The van der Waals surface area contributed by atoms with E-state index in [2.05, 4.69) is 25.8 Å². The van der Waals surface area contributed by atoms with Gasteiger partial charge in [-0.3, -0.25) is 0 Å². The number of aromatic nitrogens is 3. The lowest BCUT2D eigenvalue weighted by Gasteiger charge is -2.11. The summed E-state index contributed by atoms with van der Waals surface area (Å²) in [5, 5.41) is 14.3. The molecule has 0 spiro atoms. The van der Waals surface area contributed by atoms with Crippen molar-refractivity contribution >= 4 is 17.5 Å². The second-order valence-corrected chi connectivity index (χ2v) is 5.53. The van der Waals surface area contributed by atoms with Gasteiger partial charge in [-0.25, -0.2) is 0 Å². The standard InChI is InChI=1S/C19H21N5O3/c1-25-15-7-5-4-6-14(15)22-18-12-21-24-19(23-18)20-11-13-8-9-16(26-2)17(10-13)27-3/h4-10,12H,11H2,1-3H3,(H2,20,22,23,24). The van der Waals surface area contributed by atoms with E-state index in [1.165, 1.54) is 0 Å². The number of nitrogens with one attached hydrogen (secondary N) is 2. The van der Waals surface area contributed by atoms with Gasteiger partial charge in [0.05, 0.1) is 33.2 Å². The van der Waals surface area contributed by atoms with E-state index in [1.807, 2.05) is 42.5 Å². The Morgan fingerprint density at radius 2 is 1.67 bits per heavy atom. The fourth-order valence-electron chi connectivity index (χ4n) is 2.50. The molecular formula is C19H21N5O3. The van der Waals surface area contributed by atoms with Gasteiger partial charge in [0.2, 0.25) is 5.95 Å². The number of hydrogen-bond donors (Lipinski definition) is 2. The van der Waals surface area contributed by atoms with Crippen LogP contribution in [0, 0.1) is 0 Å². The van der Waals surface area contributed by atoms with Crippen LogP contribution < -0.4 is 24.8 Å². The Morgan fingerprint density at radius 1 is 0.889 bits per heavy atom. The molecule has 3 rings (SSSR count). The minimum absolute atomic E-state index is 0.407. The fraction of sp³-hybridized carbons (Fsp3) is 0.211. The van der Waals surface area contributed by atoms with Crippen LogP contribution in [0.2, 0.25) is 0 Å². The molecule has 0 amide bonds. The van der Waals surface area contributed by atoms with E-state index in [4.69, 9.17) is 14.2 Å². The molecule has 8 nitrogen and oxygen atoms in total. The van der Waals surface area contributed by atoms with Crippen molar-refractivity contribution in [3.05, 3.63) is 54.2 Å². The maximum absolute atomic E-state index is 5.33. The molecule has 2 aromatic carbocycles. The summed E-state index contributed by atoms with van der Waals surface area (Å²) in [4.78, 5) is 4.43. The molecule has 0 bridgehead atoms. The minimum Gasteiger partial charge on any atom is -0.495 e. The predicted octanol–water partition coefficient (Wildman–Crippen LogP) is 3.25.